The molecule has 0 radical (unpaired) electrons. The summed E-state index contributed by atoms with van der Waals surface area (Å²) in [5.74, 6) is 0.860. The molecule has 0 aromatic heterocycles. The van der Waals surface area contributed by atoms with Gasteiger partial charge in [0.1, 0.15) is 12.4 Å². The second-order valence-corrected chi connectivity index (χ2v) is 5.14. The summed E-state index contributed by atoms with van der Waals surface area (Å²) in [5, 5.41) is 0.707. The largest absolute Gasteiger partial charge is 0.492 e. The number of benzene rings is 1. The second-order valence-electron chi connectivity index (χ2n) is 4.71. The highest BCUT2D eigenvalue weighted by molar-refractivity contribution is 6.30. The first-order chi connectivity index (χ1) is 8.79. The Morgan fingerprint density at radius 3 is 2.72 bits per heavy atom. The first kappa shape index (κ1) is 13.7. The Balaban J connectivity index is 1.82. The summed E-state index contributed by atoms with van der Waals surface area (Å²) in [4.78, 5) is 2.46. The molecule has 2 rings (SSSR count). The Bertz CT molecular complexity index is 378. The number of piperidine rings is 1. The van der Waals surface area contributed by atoms with Crippen LogP contribution in [0.15, 0.2) is 18.2 Å². The molecule has 1 aromatic rings. The highest BCUT2D eigenvalue weighted by Crippen LogP contribution is 2.22. The van der Waals surface area contributed by atoms with Crippen LogP contribution in [0.1, 0.15) is 24.8 Å². The van der Waals surface area contributed by atoms with Crippen molar-refractivity contribution in [3.8, 4) is 5.75 Å². The van der Waals surface area contributed by atoms with Gasteiger partial charge in [0.05, 0.1) is 0 Å². The van der Waals surface area contributed by atoms with Crippen LogP contribution in [0.3, 0.4) is 0 Å². The molecule has 0 atom stereocenters. The Labute approximate surface area is 114 Å². The quantitative estimate of drug-likeness (QED) is 0.892. The summed E-state index contributed by atoms with van der Waals surface area (Å²) < 4.78 is 5.81. The van der Waals surface area contributed by atoms with Crippen molar-refractivity contribution >= 4 is 11.6 Å². The zero-order valence-electron chi connectivity index (χ0n) is 10.7. The third kappa shape index (κ3) is 3.87. The third-order valence-corrected chi connectivity index (χ3v) is 3.59. The minimum absolute atomic E-state index is 0.458. The fourth-order valence-electron chi connectivity index (χ4n) is 2.32. The molecule has 0 saturated carbocycles. The lowest BCUT2D eigenvalue weighted by Gasteiger charge is -2.26. The first-order valence-corrected chi connectivity index (χ1v) is 7.01. The normalized spacial score (nSPS) is 16.8. The van der Waals surface area contributed by atoms with E-state index in [9.17, 15) is 0 Å². The van der Waals surface area contributed by atoms with Gasteiger partial charge in [-0.15, -0.1) is 0 Å². The van der Waals surface area contributed by atoms with E-state index in [0.717, 1.165) is 17.9 Å². The van der Waals surface area contributed by atoms with Crippen LogP contribution >= 0.6 is 11.6 Å². The van der Waals surface area contributed by atoms with Crippen LogP contribution in [0.2, 0.25) is 5.02 Å². The van der Waals surface area contributed by atoms with Crippen LogP contribution in [0.25, 0.3) is 0 Å². The van der Waals surface area contributed by atoms with Crippen molar-refractivity contribution in [2.45, 2.75) is 25.8 Å². The van der Waals surface area contributed by atoms with E-state index in [1.54, 1.807) is 0 Å². The maximum atomic E-state index is 5.93. The van der Waals surface area contributed by atoms with E-state index in [-0.39, 0.29) is 0 Å². The highest BCUT2D eigenvalue weighted by Gasteiger charge is 2.10. The molecule has 1 aromatic carbocycles. The monoisotopic (exact) mass is 268 g/mol. The molecule has 18 heavy (non-hydrogen) atoms. The Morgan fingerprint density at radius 1 is 1.22 bits per heavy atom. The number of nitrogens with two attached hydrogens (primary N) is 1. The van der Waals surface area contributed by atoms with Crippen molar-refractivity contribution in [2.24, 2.45) is 5.73 Å². The maximum Gasteiger partial charge on any atom is 0.123 e. The summed E-state index contributed by atoms with van der Waals surface area (Å²) in [6.45, 7) is 4.57. The Kier molecular flexibility index (Phi) is 5.29. The SMILES string of the molecule is NCc1cc(Cl)ccc1OCCN1CCCCC1. The molecular formula is C14H21ClN2O. The molecule has 1 aliphatic heterocycles. The molecule has 2 N–H and O–H groups in total. The van der Waals surface area contributed by atoms with E-state index in [2.05, 4.69) is 4.90 Å². The first-order valence-electron chi connectivity index (χ1n) is 6.63. The molecule has 1 fully saturated rings. The number of halogens is 1. The Hall–Kier alpha value is -0.770. The molecule has 0 bridgehead atoms. The summed E-state index contributed by atoms with van der Waals surface area (Å²) >= 11 is 5.93. The minimum Gasteiger partial charge on any atom is -0.492 e. The van der Waals surface area contributed by atoms with Gasteiger partial charge in [0.2, 0.25) is 0 Å². The molecule has 0 spiro atoms. The van der Waals surface area contributed by atoms with Crippen molar-refractivity contribution in [3.63, 3.8) is 0 Å². The van der Waals surface area contributed by atoms with E-state index in [1.165, 1.54) is 32.4 Å². The second kappa shape index (κ2) is 6.98. The van der Waals surface area contributed by atoms with E-state index < -0.39 is 0 Å². The smallest absolute Gasteiger partial charge is 0.123 e. The fourth-order valence-corrected chi connectivity index (χ4v) is 2.51. The number of nitrogens with zero attached hydrogens (tertiary/aromatic N) is 1. The van der Waals surface area contributed by atoms with Gasteiger partial charge in [0.25, 0.3) is 0 Å². The summed E-state index contributed by atoms with van der Waals surface area (Å²) in [5.41, 5.74) is 6.66. The van der Waals surface area contributed by atoms with Crippen LogP contribution in [0.4, 0.5) is 0 Å². The van der Waals surface area contributed by atoms with Gasteiger partial charge in [0.15, 0.2) is 0 Å². The van der Waals surface area contributed by atoms with Crippen molar-refractivity contribution in [2.75, 3.05) is 26.2 Å². The lowest BCUT2D eigenvalue weighted by molar-refractivity contribution is 0.183. The molecule has 1 saturated heterocycles. The van der Waals surface area contributed by atoms with E-state index in [4.69, 9.17) is 22.1 Å². The van der Waals surface area contributed by atoms with Gasteiger partial charge in [-0.2, -0.15) is 0 Å². The average Bonchev–Trinajstić information content (AvgIpc) is 2.41. The lowest BCUT2D eigenvalue weighted by Crippen LogP contribution is -2.33. The number of hydrogen-bond donors (Lipinski definition) is 1. The zero-order valence-corrected chi connectivity index (χ0v) is 11.5. The molecule has 4 heteroatoms. The van der Waals surface area contributed by atoms with E-state index in [1.807, 2.05) is 18.2 Å². The lowest BCUT2D eigenvalue weighted by atomic mass is 10.1. The molecule has 0 amide bonds. The van der Waals surface area contributed by atoms with E-state index in [0.29, 0.717) is 18.2 Å². The molecule has 0 unspecified atom stereocenters. The third-order valence-electron chi connectivity index (χ3n) is 3.36. The number of rotatable bonds is 5. The van der Waals surface area contributed by atoms with Gasteiger partial charge in [-0.3, -0.25) is 4.90 Å². The highest BCUT2D eigenvalue weighted by atomic mass is 35.5. The molecule has 1 aliphatic rings. The number of ether oxygens (including phenoxy) is 1. The average molecular weight is 269 g/mol. The van der Waals surface area contributed by atoms with Gasteiger partial charge < -0.3 is 10.5 Å². The van der Waals surface area contributed by atoms with Crippen LogP contribution in [-0.4, -0.2) is 31.1 Å². The summed E-state index contributed by atoms with van der Waals surface area (Å²) in [7, 11) is 0. The fraction of sp³-hybridized carbons (Fsp3) is 0.571. The summed E-state index contributed by atoms with van der Waals surface area (Å²) in [6.07, 6.45) is 4.00. The Morgan fingerprint density at radius 2 is 2.00 bits per heavy atom. The molecule has 1 heterocycles. The van der Waals surface area contributed by atoms with Crippen LogP contribution in [0, 0.1) is 0 Å². The van der Waals surface area contributed by atoms with Crippen molar-refractivity contribution in [1.82, 2.24) is 4.90 Å². The molecule has 0 aliphatic carbocycles. The van der Waals surface area contributed by atoms with Gasteiger partial charge in [-0.05, 0) is 44.1 Å². The minimum atomic E-state index is 0.458. The van der Waals surface area contributed by atoms with Gasteiger partial charge in [0, 0.05) is 23.7 Å². The van der Waals surface area contributed by atoms with Crippen LogP contribution in [-0.2, 0) is 6.54 Å². The zero-order chi connectivity index (χ0) is 12.8. The molecule has 3 nitrogen and oxygen atoms in total. The van der Waals surface area contributed by atoms with E-state index >= 15 is 0 Å². The predicted octanol–water partition coefficient (Wildman–Crippen LogP) is 2.66. The van der Waals surface area contributed by atoms with Crippen molar-refractivity contribution < 1.29 is 4.74 Å². The van der Waals surface area contributed by atoms with Crippen LogP contribution in [0.5, 0.6) is 5.75 Å². The summed E-state index contributed by atoms with van der Waals surface area (Å²) in [6, 6.07) is 5.62. The number of hydrogen-bond acceptors (Lipinski definition) is 3. The molecule has 100 valence electrons. The number of likely N-dealkylation sites (tertiary alicyclic amines) is 1. The molecular weight excluding hydrogens is 248 g/mol. The predicted molar refractivity (Wildman–Crippen MR) is 75.1 cm³/mol. The topological polar surface area (TPSA) is 38.5 Å². The maximum absolute atomic E-state index is 5.93. The van der Waals surface area contributed by atoms with Crippen LogP contribution < -0.4 is 10.5 Å². The van der Waals surface area contributed by atoms with Gasteiger partial charge in [-0.25, -0.2) is 0 Å². The van der Waals surface area contributed by atoms with Crippen molar-refractivity contribution in [1.29, 1.82) is 0 Å². The van der Waals surface area contributed by atoms with Gasteiger partial charge >= 0.3 is 0 Å². The standard InChI is InChI=1S/C14H21ClN2O/c15-13-4-5-14(12(10-13)11-16)18-9-8-17-6-2-1-3-7-17/h4-5,10H,1-3,6-9,11,16H2. The van der Waals surface area contributed by atoms with Crippen molar-refractivity contribution in [3.05, 3.63) is 28.8 Å². The van der Waals surface area contributed by atoms with Gasteiger partial charge in [-0.1, -0.05) is 18.0 Å².